The van der Waals surface area contributed by atoms with Crippen LogP contribution in [-0.2, 0) is 14.4 Å². The number of aliphatic carboxylic acids is 1. The number of carboxylic acids is 1. The molecule has 1 heterocycles. The highest BCUT2D eigenvalue weighted by atomic mass is 16.4. The van der Waals surface area contributed by atoms with Crippen molar-refractivity contribution in [3.8, 4) is 0 Å². The second-order valence-electron chi connectivity index (χ2n) is 4.84. The van der Waals surface area contributed by atoms with E-state index < -0.39 is 17.6 Å². The lowest BCUT2D eigenvalue weighted by atomic mass is 9.97. The lowest BCUT2D eigenvalue weighted by Crippen LogP contribution is -2.65. The van der Waals surface area contributed by atoms with Crippen LogP contribution in [0.2, 0.25) is 0 Å². The highest BCUT2D eigenvalue weighted by molar-refractivity contribution is 5.93. The summed E-state index contributed by atoms with van der Waals surface area (Å²) in [6.45, 7) is 4.06. The standard InChI is InChI=1S/C11H19N3O4/c1-11(2)10(18)13-5-6-14(11)9(17)7(12)3-4-8(15)16/h7H,3-6,12H2,1-2H3,(H,13,18)(H,15,16). The maximum Gasteiger partial charge on any atom is 0.303 e. The van der Waals surface area contributed by atoms with Gasteiger partial charge in [-0.3, -0.25) is 14.4 Å². The van der Waals surface area contributed by atoms with Crippen LogP contribution in [0.15, 0.2) is 0 Å². The quantitative estimate of drug-likeness (QED) is 0.592. The Bertz CT molecular complexity index is 367. The average molecular weight is 257 g/mol. The molecule has 1 fully saturated rings. The first-order chi connectivity index (χ1) is 8.26. The minimum atomic E-state index is -0.992. The van der Waals surface area contributed by atoms with Gasteiger partial charge in [-0.05, 0) is 20.3 Å². The molecule has 7 heteroatoms. The summed E-state index contributed by atoms with van der Waals surface area (Å²) in [6.07, 6.45) is -0.0876. The topological polar surface area (TPSA) is 113 Å². The van der Waals surface area contributed by atoms with Crippen molar-refractivity contribution in [2.75, 3.05) is 13.1 Å². The number of rotatable bonds is 4. The monoisotopic (exact) mass is 257 g/mol. The molecule has 0 radical (unpaired) electrons. The van der Waals surface area contributed by atoms with E-state index in [-0.39, 0.29) is 24.7 Å². The van der Waals surface area contributed by atoms with E-state index in [1.807, 2.05) is 0 Å². The predicted octanol–water partition coefficient (Wildman–Crippen LogP) is -1.08. The van der Waals surface area contributed by atoms with Gasteiger partial charge >= 0.3 is 5.97 Å². The van der Waals surface area contributed by atoms with Crippen molar-refractivity contribution in [2.24, 2.45) is 5.73 Å². The molecule has 0 aromatic heterocycles. The summed E-state index contributed by atoms with van der Waals surface area (Å²) in [6, 6.07) is -0.883. The molecule has 0 aliphatic carbocycles. The molecule has 0 bridgehead atoms. The lowest BCUT2D eigenvalue weighted by molar-refractivity contribution is -0.150. The van der Waals surface area contributed by atoms with Gasteiger partial charge in [0.25, 0.3) is 0 Å². The summed E-state index contributed by atoms with van der Waals surface area (Å²) in [5.41, 5.74) is 4.73. The fraction of sp³-hybridized carbons (Fsp3) is 0.727. The fourth-order valence-electron chi connectivity index (χ4n) is 1.89. The Labute approximate surface area is 105 Å². The van der Waals surface area contributed by atoms with Crippen LogP contribution >= 0.6 is 0 Å². The largest absolute Gasteiger partial charge is 0.481 e. The zero-order chi connectivity index (χ0) is 13.9. The molecule has 0 aromatic rings. The summed E-state index contributed by atoms with van der Waals surface area (Å²) < 4.78 is 0. The molecule has 1 atom stereocenters. The molecule has 18 heavy (non-hydrogen) atoms. The Kier molecular flexibility index (Phi) is 4.28. The molecule has 1 rings (SSSR count). The van der Waals surface area contributed by atoms with Gasteiger partial charge in [0.1, 0.15) is 5.54 Å². The fourth-order valence-corrected chi connectivity index (χ4v) is 1.89. The Morgan fingerprint density at radius 3 is 2.72 bits per heavy atom. The molecule has 1 aliphatic rings. The third kappa shape index (κ3) is 2.98. The summed E-state index contributed by atoms with van der Waals surface area (Å²) >= 11 is 0. The molecule has 4 N–H and O–H groups in total. The third-order valence-corrected chi connectivity index (χ3v) is 3.10. The SMILES string of the molecule is CC1(C)C(=O)NCCN1C(=O)C(N)CCC(=O)O. The summed E-state index contributed by atoms with van der Waals surface area (Å²) in [7, 11) is 0. The third-order valence-electron chi connectivity index (χ3n) is 3.10. The maximum atomic E-state index is 12.1. The van der Waals surface area contributed by atoms with Crippen LogP contribution in [0.5, 0.6) is 0 Å². The minimum Gasteiger partial charge on any atom is -0.481 e. The number of hydrogen-bond acceptors (Lipinski definition) is 4. The van der Waals surface area contributed by atoms with Gasteiger partial charge in [0.15, 0.2) is 0 Å². The number of nitrogens with two attached hydrogens (primary N) is 1. The normalized spacial score (nSPS) is 20.2. The van der Waals surface area contributed by atoms with Crippen molar-refractivity contribution < 1.29 is 19.5 Å². The number of hydrogen-bond donors (Lipinski definition) is 3. The van der Waals surface area contributed by atoms with Gasteiger partial charge in [-0.25, -0.2) is 0 Å². The molecule has 7 nitrogen and oxygen atoms in total. The van der Waals surface area contributed by atoms with E-state index in [4.69, 9.17) is 10.8 Å². The molecule has 102 valence electrons. The smallest absolute Gasteiger partial charge is 0.303 e. The molecule has 2 amide bonds. The average Bonchev–Trinajstić information content (AvgIpc) is 2.28. The van der Waals surface area contributed by atoms with Crippen molar-refractivity contribution in [1.29, 1.82) is 0 Å². The summed E-state index contributed by atoms with van der Waals surface area (Å²) in [5, 5.41) is 11.2. The molecule has 0 saturated carbocycles. The zero-order valence-electron chi connectivity index (χ0n) is 10.6. The minimum absolute atomic E-state index is 0.0718. The number of amides is 2. The Morgan fingerprint density at radius 1 is 1.56 bits per heavy atom. The van der Waals surface area contributed by atoms with E-state index in [1.165, 1.54) is 4.90 Å². The van der Waals surface area contributed by atoms with E-state index in [0.29, 0.717) is 13.1 Å². The first-order valence-corrected chi connectivity index (χ1v) is 5.84. The predicted molar refractivity (Wildman–Crippen MR) is 63.6 cm³/mol. The van der Waals surface area contributed by atoms with Crippen molar-refractivity contribution in [3.05, 3.63) is 0 Å². The zero-order valence-corrected chi connectivity index (χ0v) is 10.6. The number of carbonyl (C=O) groups excluding carboxylic acids is 2. The molecular weight excluding hydrogens is 238 g/mol. The van der Waals surface area contributed by atoms with E-state index in [1.54, 1.807) is 13.8 Å². The van der Waals surface area contributed by atoms with Gasteiger partial charge in [0.2, 0.25) is 11.8 Å². The van der Waals surface area contributed by atoms with Crippen molar-refractivity contribution in [2.45, 2.75) is 38.3 Å². The highest BCUT2D eigenvalue weighted by Crippen LogP contribution is 2.19. The van der Waals surface area contributed by atoms with E-state index >= 15 is 0 Å². The molecule has 0 spiro atoms. The molecule has 0 aromatic carbocycles. The summed E-state index contributed by atoms with van der Waals surface area (Å²) in [5.74, 6) is -1.60. The molecule has 1 aliphatic heterocycles. The van der Waals surface area contributed by atoms with Crippen LogP contribution in [0.1, 0.15) is 26.7 Å². The Morgan fingerprint density at radius 2 is 2.17 bits per heavy atom. The van der Waals surface area contributed by atoms with Crippen LogP contribution in [0.25, 0.3) is 0 Å². The van der Waals surface area contributed by atoms with Gasteiger partial charge in [-0.15, -0.1) is 0 Å². The van der Waals surface area contributed by atoms with Crippen molar-refractivity contribution >= 4 is 17.8 Å². The number of carbonyl (C=O) groups is 3. The van der Waals surface area contributed by atoms with Crippen molar-refractivity contribution in [1.82, 2.24) is 10.2 Å². The van der Waals surface area contributed by atoms with Crippen LogP contribution < -0.4 is 11.1 Å². The number of nitrogens with one attached hydrogen (secondary N) is 1. The second kappa shape index (κ2) is 5.34. The van der Waals surface area contributed by atoms with Crippen LogP contribution in [0, 0.1) is 0 Å². The van der Waals surface area contributed by atoms with E-state index in [0.717, 1.165) is 0 Å². The highest BCUT2D eigenvalue weighted by Gasteiger charge is 2.41. The van der Waals surface area contributed by atoms with E-state index in [9.17, 15) is 14.4 Å². The van der Waals surface area contributed by atoms with Gasteiger partial charge in [0.05, 0.1) is 6.04 Å². The Hall–Kier alpha value is -1.63. The van der Waals surface area contributed by atoms with E-state index in [2.05, 4.69) is 5.32 Å². The number of nitrogens with zero attached hydrogens (tertiary/aromatic N) is 1. The summed E-state index contributed by atoms with van der Waals surface area (Å²) in [4.78, 5) is 35.6. The van der Waals surface area contributed by atoms with Gasteiger partial charge < -0.3 is 21.1 Å². The number of carboxylic acid groups (broad SMARTS) is 1. The van der Waals surface area contributed by atoms with Crippen molar-refractivity contribution in [3.63, 3.8) is 0 Å². The second-order valence-corrected chi connectivity index (χ2v) is 4.84. The van der Waals surface area contributed by atoms with Gasteiger partial charge in [-0.2, -0.15) is 0 Å². The van der Waals surface area contributed by atoms with Crippen LogP contribution in [0.4, 0.5) is 0 Å². The lowest BCUT2D eigenvalue weighted by Gasteiger charge is -2.42. The molecule has 1 saturated heterocycles. The number of piperazine rings is 1. The van der Waals surface area contributed by atoms with Gasteiger partial charge in [0, 0.05) is 19.5 Å². The van der Waals surface area contributed by atoms with Gasteiger partial charge in [-0.1, -0.05) is 0 Å². The molecule has 1 unspecified atom stereocenters. The van der Waals surface area contributed by atoms with Crippen LogP contribution in [0.3, 0.4) is 0 Å². The Balaban J connectivity index is 2.70. The van der Waals surface area contributed by atoms with Crippen LogP contribution in [-0.4, -0.2) is 52.5 Å². The maximum absolute atomic E-state index is 12.1. The molecular formula is C11H19N3O4. The first-order valence-electron chi connectivity index (χ1n) is 5.84. The first kappa shape index (κ1) is 14.4.